The fraction of sp³-hybridized carbons (Fsp3) is 0.261. The van der Waals surface area contributed by atoms with Crippen molar-refractivity contribution in [3.63, 3.8) is 0 Å². The molecule has 152 valence electrons. The van der Waals surface area contributed by atoms with E-state index in [4.69, 9.17) is 4.74 Å². The molecule has 0 saturated carbocycles. The normalized spacial score (nSPS) is 14.9. The van der Waals surface area contributed by atoms with Crippen LogP contribution in [0.1, 0.15) is 0 Å². The van der Waals surface area contributed by atoms with Crippen LogP contribution in [0.3, 0.4) is 0 Å². The number of aromatic nitrogens is 4. The zero-order valence-electron chi connectivity index (χ0n) is 16.6. The molecule has 1 aliphatic heterocycles. The Morgan fingerprint density at radius 1 is 0.933 bits per heavy atom. The minimum atomic E-state index is -0.0767. The molecule has 4 heterocycles. The number of benzene rings is 1. The van der Waals surface area contributed by atoms with Crippen molar-refractivity contribution in [3.05, 3.63) is 77.3 Å². The van der Waals surface area contributed by atoms with Gasteiger partial charge in [-0.2, -0.15) is 10.2 Å². The van der Waals surface area contributed by atoms with Gasteiger partial charge in [0.25, 0.3) is 5.56 Å². The SMILES string of the molecule is O=c1ccc(-c2cccc(-c3cccn4nccc34)c2)nn1CCN1CCOCC1. The van der Waals surface area contributed by atoms with Crippen LogP contribution in [-0.2, 0) is 11.3 Å². The quantitative estimate of drug-likeness (QED) is 0.514. The number of pyridine rings is 1. The highest BCUT2D eigenvalue weighted by molar-refractivity contribution is 5.82. The molecule has 1 saturated heterocycles. The van der Waals surface area contributed by atoms with Gasteiger partial charge in [-0.05, 0) is 29.8 Å². The smallest absolute Gasteiger partial charge is 0.266 e. The van der Waals surface area contributed by atoms with E-state index in [-0.39, 0.29) is 5.56 Å². The molecule has 5 rings (SSSR count). The standard InChI is InChI=1S/C23H23N5O2/c29-23-7-6-21(25-28(23)12-11-26-13-15-30-16-14-26)19-4-1-3-18(17-19)20-5-2-10-27-22(20)8-9-24-27/h1-10,17H,11-16H2. The lowest BCUT2D eigenvalue weighted by molar-refractivity contribution is 0.0358. The van der Waals surface area contributed by atoms with Gasteiger partial charge in [-0.3, -0.25) is 9.69 Å². The van der Waals surface area contributed by atoms with Crippen molar-refractivity contribution in [2.75, 3.05) is 32.8 Å². The van der Waals surface area contributed by atoms with Gasteiger partial charge in [0.2, 0.25) is 0 Å². The van der Waals surface area contributed by atoms with Crippen molar-refractivity contribution < 1.29 is 4.74 Å². The molecule has 0 bridgehead atoms. The Morgan fingerprint density at radius 2 is 1.80 bits per heavy atom. The summed E-state index contributed by atoms with van der Waals surface area (Å²) in [5.74, 6) is 0. The van der Waals surface area contributed by atoms with Gasteiger partial charge in [-0.15, -0.1) is 0 Å². The molecule has 0 amide bonds. The second-order valence-corrected chi connectivity index (χ2v) is 7.40. The molecule has 3 aromatic heterocycles. The Kier molecular flexibility index (Phi) is 5.13. The van der Waals surface area contributed by atoms with Gasteiger partial charge >= 0.3 is 0 Å². The van der Waals surface area contributed by atoms with Gasteiger partial charge in [0, 0.05) is 49.2 Å². The van der Waals surface area contributed by atoms with E-state index in [0.29, 0.717) is 6.54 Å². The first kappa shape index (κ1) is 18.7. The summed E-state index contributed by atoms with van der Waals surface area (Å²) in [5, 5.41) is 8.96. The van der Waals surface area contributed by atoms with Gasteiger partial charge in [0.05, 0.1) is 31.0 Å². The number of nitrogens with zero attached hydrogens (tertiary/aromatic N) is 5. The van der Waals surface area contributed by atoms with Crippen LogP contribution >= 0.6 is 0 Å². The molecule has 7 nitrogen and oxygen atoms in total. The Labute approximate surface area is 174 Å². The number of fused-ring (bicyclic) bond motifs is 1. The lowest BCUT2D eigenvalue weighted by Crippen LogP contribution is -2.39. The molecule has 4 aromatic rings. The van der Waals surface area contributed by atoms with Crippen LogP contribution in [0.5, 0.6) is 0 Å². The lowest BCUT2D eigenvalue weighted by atomic mass is 10.0. The van der Waals surface area contributed by atoms with E-state index in [9.17, 15) is 4.79 Å². The zero-order valence-corrected chi connectivity index (χ0v) is 16.6. The molecule has 1 aromatic carbocycles. The molecule has 0 spiro atoms. The molecule has 30 heavy (non-hydrogen) atoms. The Balaban J connectivity index is 1.44. The fourth-order valence-corrected chi connectivity index (χ4v) is 3.87. The summed E-state index contributed by atoms with van der Waals surface area (Å²) in [6.45, 7) is 4.66. The number of hydrogen-bond acceptors (Lipinski definition) is 5. The third-order valence-corrected chi connectivity index (χ3v) is 5.50. The number of rotatable bonds is 5. The molecule has 0 atom stereocenters. The molecular formula is C23H23N5O2. The van der Waals surface area contributed by atoms with Gasteiger partial charge in [0.15, 0.2) is 0 Å². The first-order valence-corrected chi connectivity index (χ1v) is 10.2. The lowest BCUT2D eigenvalue weighted by Gasteiger charge is -2.26. The van der Waals surface area contributed by atoms with Crippen molar-refractivity contribution >= 4 is 5.52 Å². The second-order valence-electron chi connectivity index (χ2n) is 7.40. The summed E-state index contributed by atoms with van der Waals surface area (Å²) >= 11 is 0. The predicted molar refractivity (Wildman–Crippen MR) is 115 cm³/mol. The summed E-state index contributed by atoms with van der Waals surface area (Å²) in [5.41, 5.74) is 4.95. The number of hydrogen-bond donors (Lipinski definition) is 0. The van der Waals surface area contributed by atoms with Gasteiger partial charge in [0.1, 0.15) is 0 Å². The van der Waals surface area contributed by atoms with Crippen LogP contribution in [0.4, 0.5) is 0 Å². The van der Waals surface area contributed by atoms with Gasteiger partial charge in [-0.25, -0.2) is 9.20 Å². The summed E-state index contributed by atoms with van der Waals surface area (Å²) < 4.78 is 8.82. The highest BCUT2D eigenvalue weighted by atomic mass is 16.5. The minimum absolute atomic E-state index is 0.0767. The van der Waals surface area contributed by atoms with E-state index in [1.165, 1.54) is 0 Å². The van der Waals surface area contributed by atoms with Crippen molar-refractivity contribution in [1.82, 2.24) is 24.3 Å². The second kappa shape index (κ2) is 8.22. The summed E-state index contributed by atoms with van der Waals surface area (Å²) in [6.07, 6.45) is 3.74. The summed E-state index contributed by atoms with van der Waals surface area (Å²) in [6, 6.07) is 17.7. The van der Waals surface area contributed by atoms with E-state index in [0.717, 1.165) is 60.7 Å². The maximum Gasteiger partial charge on any atom is 0.266 e. The van der Waals surface area contributed by atoms with Crippen LogP contribution < -0.4 is 5.56 Å². The first-order valence-electron chi connectivity index (χ1n) is 10.2. The number of ether oxygens (including phenoxy) is 1. The maximum absolute atomic E-state index is 12.3. The maximum atomic E-state index is 12.3. The minimum Gasteiger partial charge on any atom is -0.379 e. The summed E-state index contributed by atoms with van der Waals surface area (Å²) in [7, 11) is 0. The monoisotopic (exact) mass is 401 g/mol. The van der Waals surface area contributed by atoms with Crippen molar-refractivity contribution in [1.29, 1.82) is 0 Å². The molecule has 0 radical (unpaired) electrons. The van der Waals surface area contributed by atoms with Gasteiger partial charge < -0.3 is 4.74 Å². The van der Waals surface area contributed by atoms with Crippen molar-refractivity contribution in [2.24, 2.45) is 0 Å². The largest absolute Gasteiger partial charge is 0.379 e. The van der Waals surface area contributed by atoms with E-state index in [1.54, 1.807) is 23.0 Å². The molecule has 1 aliphatic rings. The van der Waals surface area contributed by atoms with Crippen LogP contribution in [0, 0.1) is 0 Å². The van der Waals surface area contributed by atoms with Crippen LogP contribution in [0.15, 0.2) is 71.8 Å². The van der Waals surface area contributed by atoms with Crippen molar-refractivity contribution in [2.45, 2.75) is 6.54 Å². The van der Waals surface area contributed by atoms with Crippen LogP contribution in [0.2, 0.25) is 0 Å². The molecule has 0 N–H and O–H groups in total. The summed E-state index contributed by atoms with van der Waals surface area (Å²) in [4.78, 5) is 14.6. The molecule has 7 heteroatoms. The van der Waals surface area contributed by atoms with Crippen LogP contribution in [-0.4, -0.2) is 57.1 Å². The van der Waals surface area contributed by atoms with E-state index in [2.05, 4.69) is 33.3 Å². The predicted octanol–water partition coefficient (Wildman–Crippen LogP) is 2.56. The average molecular weight is 401 g/mol. The van der Waals surface area contributed by atoms with E-state index in [1.807, 2.05) is 35.0 Å². The highest BCUT2D eigenvalue weighted by Crippen LogP contribution is 2.28. The first-order chi connectivity index (χ1) is 14.8. The van der Waals surface area contributed by atoms with Crippen molar-refractivity contribution in [3.8, 4) is 22.4 Å². The van der Waals surface area contributed by atoms with Crippen LogP contribution in [0.25, 0.3) is 27.9 Å². The average Bonchev–Trinajstić information content (AvgIpc) is 3.28. The fourth-order valence-electron chi connectivity index (χ4n) is 3.87. The highest BCUT2D eigenvalue weighted by Gasteiger charge is 2.12. The van der Waals surface area contributed by atoms with E-state index >= 15 is 0 Å². The van der Waals surface area contributed by atoms with Gasteiger partial charge in [-0.1, -0.05) is 24.3 Å². The Morgan fingerprint density at radius 3 is 2.70 bits per heavy atom. The number of morpholine rings is 1. The zero-order chi connectivity index (χ0) is 20.3. The third-order valence-electron chi connectivity index (χ3n) is 5.50. The molecular weight excluding hydrogens is 378 g/mol. The third kappa shape index (κ3) is 3.77. The Bertz CT molecular complexity index is 1220. The molecule has 0 unspecified atom stereocenters. The molecule has 0 aliphatic carbocycles. The molecule has 1 fully saturated rings. The van der Waals surface area contributed by atoms with E-state index < -0.39 is 0 Å². The topological polar surface area (TPSA) is 64.7 Å². The Hall–Kier alpha value is -3.29.